The van der Waals surface area contributed by atoms with Gasteiger partial charge < -0.3 is 15.1 Å². The van der Waals surface area contributed by atoms with Crippen molar-refractivity contribution in [1.29, 1.82) is 0 Å². The monoisotopic (exact) mass is 547 g/mol. The van der Waals surface area contributed by atoms with Gasteiger partial charge in [-0.05, 0) is 44.2 Å². The Morgan fingerprint density at radius 2 is 1.87 bits per heavy atom. The van der Waals surface area contributed by atoms with Crippen molar-refractivity contribution >= 4 is 29.9 Å². The predicted molar refractivity (Wildman–Crippen MR) is 132 cm³/mol. The molecule has 0 aromatic heterocycles. The first-order chi connectivity index (χ1) is 14.6. The predicted octanol–water partition coefficient (Wildman–Crippen LogP) is 3.71. The zero-order valence-electron chi connectivity index (χ0n) is 18.7. The standard InChI is InChI=1S/C23H35F2N5.HI/c1-3-22(20-7-4-18(24)14-21(20)25)28-10-12-29(13-11-28)23(26-2)27-15-17-8-9-30(16-17)19-5-6-19;/h4,7,14,17,19,22H,3,5-6,8-13,15-16H2,1-2H3,(H,26,27);1H. The van der Waals surface area contributed by atoms with Crippen molar-refractivity contribution < 1.29 is 8.78 Å². The quantitative estimate of drug-likeness (QED) is 0.335. The number of nitrogens with zero attached hydrogens (tertiary/aromatic N) is 4. The molecule has 2 unspecified atom stereocenters. The van der Waals surface area contributed by atoms with E-state index in [9.17, 15) is 8.78 Å². The molecule has 1 saturated carbocycles. The topological polar surface area (TPSA) is 34.1 Å². The van der Waals surface area contributed by atoms with Crippen LogP contribution in [0.1, 0.15) is 44.2 Å². The number of benzene rings is 1. The van der Waals surface area contributed by atoms with E-state index in [0.29, 0.717) is 11.5 Å². The highest BCUT2D eigenvalue weighted by molar-refractivity contribution is 14.0. The summed E-state index contributed by atoms with van der Waals surface area (Å²) < 4.78 is 27.6. The van der Waals surface area contributed by atoms with E-state index in [2.05, 4.69) is 31.9 Å². The minimum Gasteiger partial charge on any atom is -0.356 e. The Morgan fingerprint density at radius 3 is 2.48 bits per heavy atom. The van der Waals surface area contributed by atoms with Crippen LogP contribution in [0, 0.1) is 17.6 Å². The van der Waals surface area contributed by atoms with Crippen molar-refractivity contribution in [3.8, 4) is 0 Å². The zero-order chi connectivity index (χ0) is 21.1. The zero-order valence-corrected chi connectivity index (χ0v) is 21.0. The molecule has 1 N–H and O–H groups in total. The third-order valence-corrected chi connectivity index (χ3v) is 6.90. The Morgan fingerprint density at radius 1 is 1.13 bits per heavy atom. The number of likely N-dealkylation sites (tertiary alicyclic amines) is 1. The lowest BCUT2D eigenvalue weighted by molar-refractivity contribution is 0.124. The molecule has 174 valence electrons. The van der Waals surface area contributed by atoms with Gasteiger partial charge in [0.25, 0.3) is 0 Å². The van der Waals surface area contributed by atoms with Crippen molar-refractivity contribution in [1.82, 2.24) is 20.0 Å². The average Bonchev–Trinajstić information content (AvgIpc) is 3.50. The smallest absolute Gasteiger partial charge is 0.193 e. The maximum atomic E-state index is 14.3. The lowest BCUT2D eigenvalue weighted by atomic mass is 10.0. The lowest BCUT2D eigenvalue weighted by Gasteiger charge is -2.40. The molecule has 0 radical (unpaired) electrons. The Kier molecular flexibility index (Phi) is 8.92. The SMILES string of the molecule is CCC(c1ccc(F)cc1F)N1CCN(C(=NC)NCC2CCN(C3CC3)C2)CC1.I. The number of hydrogen-bond donors (Lipinski definition) is 1. The van der Waals surface area contributed by atoms with E-state index in [1.807, 2.05) is 7.05 Å². The van der Waals surface area contributed by atoms with Crippen LogP contribution in [-0.4, -0.2) is 79.6 Å². The molecule has 1 aromatic carbocycles. The van der Waals surface area contributed by atoms with Crippen molar-refractivity contribution in [3.63, 3.8) is 0 Å². The maximum absolute atomic E-state index is 14.3. The van der Waals surface area contributed by atoms with Crippen LogP contribution in [-0.2, 0) is 0 Å². The molecule has 0 amide bonds. The Balaban J connectivity index is 0.00000272. The molecule has 0 spiro atoms. The van der Waals surface area contributed by atoms with Crippen LogP contribution >= 0.6 is 24.0 Å². The van der Waals surface area contributed by atoms with Gasteiger partial charge in [-0.2, -0.15) is 0 Å². The van der Waals surface area contributed by atoms with Crippen molar-refractivity contribution in [3.05, 3.63) is 35.4 Å². The number of hydrogen-bond acceptors (Lipinski definition) is 3. The summed E-state index contributed by atoms with van der Waals surface area (Å²) in [5.41, 5.74) is 0.594. The number of nitrogens with one attached hydrogen (secondary N) is 1. The Bertz CT molecular complexity index is 749. The van der Waals surface area contributed by atoms with Crippen LogP contribution in [0.15, 0.2) is 23.2 Å². The van der Waals surface area contributed by atoms with Gasteiger partial charge in [0.05, 0.1) is 0 Å². The van der Waals surface area contributed by atoms with E-state index >= 15 is 0 Å². The Labute approximate surface area is 202 Å². The van der Waals surface area contributed by atoms with Crippen molar-refractivity contribution in [2.24, 2.45) is 10.9 Å². The van der Waals surface area contributed by atoms with Crippen LogP contribution in [0.25, 0.3) is 0 Å². The molecule has 3 aliphatic rings. The summed E-state index contributed by atoms with van der Waals surface area (Å²) in [6.07, 6.45) is 4.84. The molecular formula is C23H36F2IN5. The summed E-state index contributed by atoms with van der Waals surface area (Å²) in [6, 6.07) is 4.79. The highest BCUT2D eigenvalue weighted by atomic mass is 127. The molecule has 3 fully saturated rings. The molecular weight excluding hydrogens is 511 g/mol. The minimum absolute atomic E-state index is 0. The van der Waals surface area contributed by atoms with Gasteiger partial charge in [-0.15, -0.1) is 24.0 Å². The molecule has 2 atom stereocenters. The van der Waals surface area contributed by atoms with E-state index in [0.717, 1.165) is 57.2 Å². The highest BCUT2D eigenvalue weighted by Crippen LogP contribution is 2.31. The number of piperazine rings is 1. The van der Waals surface area contributed by atoms with Gasteiger partial charge in [0.1, 0.15) is 11.6 Å². The van der Waals surface area contributed by atoms with Crippen LogP contribution < -0.4 is 5.32 Å². The first kappa shape index (κ1) is 24.6. The first-order valence-corrected chi connectivity index (χ1v) is 11.5. The first-order valence-electron chi connectivity index (χ1n) is 11.5. The summed E-state index contributed by atoms with van der Waals surface area (Å²) in [5.74, 6) is 0.710. The number of halogens is 3. The highest BCUT2D eigenvalue weighted by Gasteiger charge is 2.34. The summed E-state index contributed by atoms with van der Waals surface area (Å²) in [7, 11) is 1.85. The maximum Gasteiger partial charge on any atom is 0.193 e. The van der Waals surface area contributed by atoms with Crippen molar-refractivity contribution in [2.45, 2.75) is 44.7 Å². The van der Waals surface area contributed by atoms with E-state index < -0.39 is 11.6 Å². The second kappa shape index (κ2) is 11.2. The van der Waals surface area contributed by atoms with Crippen LogP contribution in [0.3, 0.4) is 0 Å². The Hall–Kier alpha value is -1.00. The number of aliphatic imine (C=N–C) groups is 1. The summed E-state index contributed by atoms with van der Waals surface area (Å²) in [5, 5.41) is 3.60. The third kappa shape index (κ3) is 6.07. The second-order valence-electron chi connectivity index (χ2n) is 8.92. The summed E-state index contributed by atoms with van der Waals surface area (Å²) in [4.78, 5) is 11.8. The molecule has 2 aliphatic heterocycles. The van der Waals surface area contributed by atoms with E-state index in [1.54, 1.807) is 6.07 Å². The fourth-order valence-electron chi connectivity index (χ4n) is 5.06. The normalized spacial score (nSPS) is 24.2. The van der Waals surface area contributed by atoms with Crippen LogP contribution in [0.2, 0.25) is 0 Å². The van der Waals surface area contributed by atoms with Gasteiger partial charge in [-0.25, -0.2) is 8.78 Å². The lowest BCUT2D eigenvalue weighted by Crippen LogP contribution is -2.53. The molecule has 2 saturated heterocycles. The van der Waals surface area contributed by atoms with Crippen molar-refractivity contribution in [2.75, 3.05) is 52.9 Å². The van der Waals surface area contributed by atoms with E-state index in [-0.39, 0.29) is 30.0 Å². The fraction of sp³-hybridized carbons (Fsp3) is 0.696. The van der Waals surface area contributed by atoms with Gasteiger partial charge in [0, 0.05) is 70.0 Å². The largest absolute Gasteiger partial charge is 0.356 e. The fourth-order valence-corrected chi connectivity index (χ4v) is 5.06. The number of guanidine groups is 1. The summed E-state index contributed by atoms with van der Waals surface area (Å²) >= 11 is 0. The molecule has 0 bridgehead atoms. The average molecular weight is 547 g/mol. The van der Waals surface area contributed by atoms with Gasteiger partial charge >= 0.3 is 0 Å². The van der Waals surface area contributed by atoms with Gasteiger partial charge in [-0.3, -0.25) is 9.89 Å². The molecule has 31 heavy (non-hydrogen) atoms. The van der Waals surface area contributed by atoms with Gasteiger partial charge in [0.15, 0.2) is 5.96 Å². The van der Waals surface area contributed by atoms with Gasteiger partial charge in [0.2, 0.25) is 0 Å². The molecule has 8 heteroatoms. The number of rotatable bonds is 6. The minimum atomic E-state index is -0.520. The van der Waals surface area contributed by atoms with E-state index in [4.69, 9.17) is 0 Å². The van der Waals surface area contributed by atoms with Gasteiger partial charge in [-0.1, -0.05) is 13.0 Å². The van der Waals surface area contributed by atoms with E-state index in [1.165, 1.54) is 38.4 Å². The molecule has 5 nitrogen and oxygen atoms in total. The molecule has 1 aliphatic carbocycles. The summed E-state index contributed by atoms with van der Waals surface area (Å²) in [6.45, 7) is 8.90. The molecule has 4 rings (SSSR count). The third-order valence-electron chi connectivity index (χ3n) is 6.90. The second-order valence-corrected chi connectivity index (χ2v) is 8.92. The molecule has 1 aromatic rings. The van der Waals surface area contributed by atoms with Crippen LogP contribution in [0.4, 0.5) is 8.78 Å². The van der Waals surface area contributed by atoms with Crippen LogP contribution in [0.5, 0.6) is 0 Å². The molecule has 2 heterocycles.